The Morgan fingerprint density at radius 3 is 2.55 bits per heavy atom. The van der Waals surface area contributed by atoms with E-state index >= 15 is 0 Å². The van der Waals surface area contributed by atoms with Crippen molar-refractivity contribution < 1.29 is 18.3 Å². The second-order valence-electron chi connectivity index (χ2n) is 4.62. The van der Waals surface area contributed by atoms with Gasteiger partial charge < -0.3 is 24.1 Å². The summed E-state index contributed by atoms with van der Waals surface area (Å²) >= 11 is 0. The first-order valence-corrected chi connectivity index (χ1v) is 9.09. The molecule has 1 unspecified atom stereocenters. The van der Waals surface area contributed by atoms with E-state index in [-0.39, 0.29) is 6.10 Å². The molecule has 0 aromatic heterocycles. The smallest absolute Gasteiger partial charge is 0.386 e. The zero-order chi connectivity index (χ0) is 14.4. The summed E-state index contributed by atoms with van der Waals surface area (Å²) in [4.78, 5) is 0. The van der Waals surface area contributed by atoms with Crippen molar-refractivity contribution in [2.24, 2.45) is 5.73 Å². The Balaban J connectivity index is 2.15. The van der Waals surface area contributed by atoms with Gasteiger partial charge in [-0.2, -0.15) is 0 Å². The van der Waals surface area contributed by atoms with E-state index in [1.807, 2.05) is 38.1 Å². The lowest BCUT2D eigenvalue weighted by atomic mass is 10.3. The highest BCUT2D eigenvalue weighted by molar-refractivity contribution is 6.81. The van der Waals surface area contributed by atoms with Crippen molar-refractivity contribution >= 4 is 13.7 Å². The summed E-state index contributed by atoms with van der Waals surface area (Å²) in [5.74, 6) is 0.808. The van der Waals surface area contributed by atoms with Crippen LogP contribution in [0.2, 0.25) is 0 Å². The quantitative estimate of drug-likeness (QED) is 0.536. The summed E-state index contributed by atoms with van der Waals surface area (Å²) in [6.07, 6.45) is 0.637. The summed E-state index contributed by atoms with van der Waals surface area (Å²) in [5, 5.41) is 1.01. The zero-order valence-corrected chi connectivity index (χ0v) is 13.1. The minimum absolute atomic E-state index is 0.244. The average molecular weight is 297 g/mol. The standard InChI is InChI=1S/C14H23NO4Si/c1-3-18-20(11-15,19-4-2)14-7-5-6-12(8-14)16-9-13-10-17-13/h5-8,13H,3-4,9-11,15H2,1-2H3. The van der Waals surface area contributed by atoms with Gasteiger partial charge in [0.25, 0.3) is 0 Å². The maximum Gasteiger partial charge on any atom is 0.386 e. The first-order chi connectivity index (χ1) is 9.74. The largest absolute Gasteiger partial charge is 0.491 e. The fourth-order valence-electron chi connectivity index (χ4n) is 2.09. The highest BCUT2D eigenvalue weighted by Gasteiger charge is 2.38. The minimum Gasteiger partial charge on any atom is -0.491 e. The third kappa shape index (κ3) is 3.80. The summed E-state index contributed by atoms with van der Waals surface area (Å²) in [7, 11) is -2.55. The van der Waals surface area contributed by atoms with Gasteiger partial charge in [-0.15, -0.1) is 0 Å². The number of nitrogens with two attached hydrogens (primary N) is 1. The molecule has 2 N–H and O–H groups in total. The molecule has 112 valence electrons. The summed E-state index contributed by atoms with van der Waals surface area (Å²) in [5.41, 5.74) is 5.95. The van der Waals surface area contributed by atoms with Crippen molar-refractivity contribution in [1.82, 2.24) is 0 Å². The first kappa shape index (κ1) is 15.5. The van der Waals surface area contributed by atoms with Crippen LogP contribution < -0.4 is 15.7 Å². The Hall–Kier alpha value is -0.923. The zero-order valence-electron chi connectivity index (χ0n) is 12.1. The average Bonchev–Trinajstić information content (AvgIpc) is 3.29. The van der Waals surface area contributed by atoms with E-state index in [1.54, 1.807) is 0 Å². The van der Waals surface area contributed by atoms with Crippen LogP contribution in [-0.2, 0) is 13.6 Å². The lowest BCUT2D eigenvalue weighted by Crippen LogP contribution is -2.59. The van der Waals surface area contributed by atoms with Gasteiger partial charge in [-0.3, -0.25) is 0 Å². The van der Waals surface area contributed by atoms with Gasteiger partial charge >= 0.3 is 8.56 Å². The lowest BCUT2D eigenvalue weighted by Gasteiger charge is -2.29. The second-order valence-corrected chi connectivity index (χ2v) is 7.69. The number of rotatable bonds is 9. The van der Waals surface area contributed by atoms with Crippen molar-refractivity contribution in [1.29, 1.82) is 0 Å². The van der Waals surface area contributed by atoms with Gasteiger partial charge in [0.15, 0.2) is 0 Å². The van der Waals surface area contributed by atoms with Crippen molar-refractivity contribution in [3.05, 3.63) is 24.3 Å². The number of hydrogen-bond acceptors (Lipinski definition) is 5. The molecule has 0 spiro atoms. The van der Waals surface area contributed by atoms with Crippen LogP contribution in [0.4, 0.5) is 0 Å². The fourth-order valence-corrected chi connectivity index (χ4v) is 4.62. The molecule has 2 rings (SSSR count). The Morgan fingerprint density at radius 1 is 1.30 bits per heavy atom. The molecule has 1 atom stereocenters. The summed E-state index contributed by atoms with van der Waals surface area (Å²) < 4.78 is 22.7. The van der Waals surface area contributed by atoms with Gasteiger partial charge in [-0.05, 0) is 31.2 Å². The molecule has 1 saturated heterocycles. The highest BCUT2D eigenvalue weighted by atomic mass is 28.4. The molecule has 0 radical (unpaired) electrons. The second kappa shape index (κ2) is 7.19. The van der Waals surface area contributed by atoms with Gasteiger partial charge in [-0.25, -0.2) is 0 Å². The molecular weight excluding hydrogens is 274 g/mol. The van der Waals surface area contributed by atoms with E-state index in [1.165, 1.54) is 0 Å². The topological polar surface area (TPSA) is 66.2 Å². The maximum absolute atomic E-state index is 5.95. The Morgan fingerprint density at radius 2 is 2.00 bits per heavy atom. The Kier molecular flexibility index (Phi) is 5.56. The van der Waals surface area contributed by atoms with Crippen LogP contribution in [0.15, 0.2) is 24.3 Å². The molecule has 0 amide bonds. The molecule has 0 saturated carbocycles. The minimum atomic E-state index is -2.55. The molecule has 1 fully saturated rings. The predicted octanol–water partition coefficient (Wildman–Crippen LogP) is 0.684. The van der Waals surface area contributed by atoms with E-state index < -0.39 is 8.56 Å². The van der Waals surface area contributed by atoms with Crippen LogP contribution >= 0.6 is 0 Å². The SMILES string of the molecule is CCO[Si](CN)(OCC)c1cccc(OCC2CO2)c1. The molecule has 1 aliphatic rings. The van der Waals surface area contributed by atoms with Crippen LogP contribution in [0.25, 0.3) is 0 Å². The molecule has 5 nitrogen and oxygen atoms in total. The van der Waals surface area contributed by atoms with Gasteiger partial charge in [0.1, 0.15) is 18.5 Å². The molecule has 1 aliphatic heterocycles. The van der Waals surface area contributed by atoms with Crippen molar-refractivity contribution in [3.63, 3.8) is 0 Å². The van der Waals surface area contributed by atoms with Gasteiger partial charge in [0, 0.05) is 19.4 Å². The Labute approximate surface area is 121 Å². The summed E-state index contributed by atoms with van der Waals surface area (Å²) in [6, 6.07) is 7.87. The third-order valence-corrected chi connectivity index (χ3v) is 6.37. The van der Waals surface area contributed by atoms with E-state index in [0.717, 1.165) is 17.5 Å². The molecule has 1 heterocycles. The Bertz CT molecular complexity index is 419. The van der Waals surface area contributed by atoms with Gasteiger partial charge in [-0.1, -0.05) is 12.1 Å². The van der Waals surface area contributed by atoms with Crippen molar-refractivity contribution in [2.75, 3.05) is 32.6 Å². The number of epoxide rings is 1. The lowest BCUT2D eigenvalue weighted by molar-refractivity contribution is 0.197. The van der Waals surface area contributed by atoms with Gasteiger partial charge in [0.05, 0.1) is 6.61 Å². The summed E-state index contributed by atoms with van der Waals surface area (Å²) in [6.45, 7) is 6.47. The van der Waals surface area contributed by atoms with Crippen molar-refractivity contribution in [2.45, 2.75) is 20.0 Å². The molecule has 1 aromatic rings. The van der Waals surface area contributed by atoms with Crippen LogP contribution in [-0.4, -0.2) is 47.3 Å². The monoisotopic (exact) mass is 297 g/mol. The van der Waals surface area contributed by atoms with Crippen LogP contribution in [0, 0.1) is 0 Å². The highest BCUT2D eigenvalue weighted by Crippen LogP contribution is 2.16. The van der Waals surface area contributed by atoms with Crippen molar-refractivity contribution in [3.8, 4) is 5.75 Å². The van der Waals surface area contributed by atoms with E-state index in [2.05, 4.69) is 0 Å². The number of hydrogen-bond donors (Lipinski definition) is 1. The van der Waals surface area contributed by atoms with E-state index in [4.69, 9.17) is 24.1 Å². The fraction of sp³-hybridized carbons (Fsp3) is 0.571. The van der Waals surface area contributed by atoms with E-state index in [0.29, 0.717) is 26.0 Å². The molecule has 0 bridgehead atoms. The predicted molar refractivity (Wildman–Crippen MR) is 79.4 cm³/mol. The molecule has 6 heteroatoms. The first-order valence-electron chi connectivity index (χ1n) is 7.07. The van der Waals surface area contributed by atoms with E-state index in [9.17, 15) is 0 Å². The third-order valence-electron chi connectivity index (χ3n) is 3.14. The number of benzene rings is 1. The normalized spacial score (nSPS) is 18.1. The van der Waals surface area contributed by atoms with Crippen LogP contribution in [0.3, 0.4) is 0 Å². The molecule has 0 aliphatic carbocycles. The maximum atomic E-state index is 5.95. The van der Waals surface area contributed by atoms with Crippen LogP contribution in [0.5, 0.6) is 5.75 Å². The molecule has 20 heavy (non-hydrogen) atoms. The molecular formula is C14H23NO4Si. The number of ether oxygens (including phenoxy) is 2. The van der Waals surface area contributed by atoms with Crippen LogP contribution in [0.1, 0.15) is 13.8 Å². The molecule has 1 aromatic carbocycles. The van der Waals surface area contributed by atoms with Gasteiger partial charge in [0.2, 0.25) is 0 Å².